The second kappa shape index (κ2) is 7.87. The van der Waals surface area contributed by atoms with Gasteiger partial charge < -0.3 is 15.8 Å². The predicted octanol–water partition coefficient (Wildman–Crippen LogP) is 0.934. The van der Waals surface area contributed by atoms with Crippen molar-refractivity contribution < 1.29 is 9.53 Å². The molecule has 1 amide bonds. The van der Waals surface area contributed by atoms with Crippen LogP contribution < -0.4 is 11.1 Å². The molecule has 1 aliphatic rings. The Hall–Kier alpha value is -0.320. The normalized spacial score (nSPS) is 25.9. The highest BCUT2D eigenvalue weighted by Crippen LogP contribution is 2.23. The molecule has 16 heavy (non-hydrogen) atoms. The van der Waals surface area contributed by atoms with E-state index in [1.807, 2.05) is 0 Å². The first-order chi connectivity index (χ1) is 7.13. The molecule has 1 saturated carbocycles. The Labute approximate surface area is 104 Å². The van der Waals surface area contributed by atoms with Crippen LogP contribution in [0.5, 0.6) is 0 Å². The average Bonchev–Trinajstić information content (AvgIpc) is 2.62. The predicted molar refractivity (Wildman–Crippen MR) is 66.6 cm³/mol. The van der Waals surface area contributed by atoms with Crippen LogP contribution in [0.25, 0.3) is 0 Å². The van der Waals surface area contributed by atoms with Gasteiger partial charge in [-0.2, -0.15) is 0 Å². The molecule has 0 saturated heterocycles. The number of rotatable bonds is 5. The van der Waals surface area contributed by atoms with Gasteiger partial charge in [0.05, 0.1) is 6.61 Å². The minimum Gasteiger partial charge on any atom is -0.384 e. The molecule has 96 valence electrons. The van der Waals surface area contributed by atoms with Crippen molar-refractivity contribution in [1.29, 1.82) is 0 Å². The maximum atomic E-state index is 11.7. The average molecular weight is 251 g/mol. The second-order valence-corrected chi connectivity index (χ2v) is 4.58. The Kier molecular flexibility index (Phi) is 7.72. The summed E-state index contributed by atoms with van der Waals surface area (Å²) in [5.41, 5.74) is 5.77. The van der Waals surface area contributed by atoms with Gasteiger partial charge in [-0.15, -0.1) is 12.4 Å². The highest BCUT2D eigenvalue weighted by Gasteiger charge is 2.27. The highest BCUT2D eigenvalue weighted by molar-refractivity contribution is 5.85. The van der Waals surface area contributed by atoms with Crippen LogP contribution in [0, 0.1) is 11.8 Å². The fourth-order valence-corrected chi connectivity index (χ4v) is 2.02. The molecule has 3 unspecified atom stereocenters. The first-order valence-corrected chi connectivity index (χ1v) is 5.65. The molecule has 3 atom stereocenters. The third-order valence-corrected chi connectivity index (χ3v) is 2.92. The molecule has 0 aromatic rings. The molecule has 1 aliphatic carbocycles. The molecule has 0 aliphatic heterocycles. The quantitative estimate of drug-likeness (QED) is 0.763. The number of amides is 1. The summed E-state index contributed by atoms with van der Waals surface area (Å²) in [5, 5.41) is 2.96. The summed E-state index contributed by atoms with van der Waals surface area (Å²) in [6.45, 7) is 3.44. The molecular weight excluding hydrogens is 228 g/mol. The lowest BCUT2D eigenvalue weighted by atomic mass is 10.1. The number of hydrogen-bond acceptors (Lipinski definition) is 3. The largest absolute Gasteiger partial charge is 0.384 e. The van der Waals surface area contributed by atoms with E-state index in [1.165, 1.54) is 0 Å². The summed E-state index contributed by atoms with van der Waals surface area (Å²) in [6.07, 6.45) is 2.75. The molecule has 0 spiro atoms. The highest BCUT2D eigenvalue weighted by atomic mass is 35.5. The summed E-state index contributed by atoms with van der Waals surface area (Å²) in [5.74, 6) is 0.662. The van der Waals surface area contributed by atoms with Crippen molar-refractivity contribution in [3.63, 3.8) is 0 Å². The molecule has 0 bridgehead atoms. The number of hydrogen-bond donors (Lipinski definition) is 2. The van der Waals surface area contributed by atoms with Crippen LogP contribution in [0.1, 0.15) is 26.2 Å². The monoisotopic (exact) mass is 250 g/mol. The lowest BCUT2D eigenvalue weighted by Crippen LogP contribution is -2.34. The molecule has 1 fully saturated rings. The van der Waals surface area contributed by atoms with Crippen LogP contribution in [0.3, 0.4) is 0 Å². The van der Waals surface area contributed by atoms with Gasteiger partial charge in [0.2, 0.25) is 5.91 Å². The molecule has 1 rings (SSSR count). The van der Waals surface area contributed by atoms with E-state index in [-0.39, 0.29) is 30.3 Å². The molecule has 3 N–H and O–H groups in total. The van der Waals surface area contributed by atoms with Gasteiger partial charge >= 0.3 is 0 Å². The molecule has 0 aromatic carbocycles. The van der Waals surface area contributed by atoms with Gasteiger partial charge in [-0.3, -0.25) is 4.79 Å². The third-order valence-electron chi connectivity index (χ3n) is 2.92. The fraction of sp³-hybridized carbons (Fsp3) is 0.909. The van der Waals surface area contributed by atoms with E-state index < -0.39 is 0 Å². The first kappa shape index (κ1) is 15.7. The van der Waals surface area contributed by atoms with Crippen LogP contribution in [0.4, 0.5) is 0 Å². The van der Waals surface area contributed by atoms with Crippen molar-refractivity contribution in [2.75, 3.05) is 20.3 Å². The van der Waals surface area contributed by atoms with Crippen LogP contribution in [0.2, 0.25) is 0 Å². The van der Waals surface area contributed by atoms with Crippen LogP contribution in [-0.4, -0.2) is 32.2 Å². The number of nitrogens with one attached hydrogen (secondary N) is 1. The molecule has 4 nitrogen and oxygen atoms in total. The van der Waals surface area contributed by atoms with Crippen molar-refractivity contribution in [3.8, 4) is 0 Å². The van der Waals surface area contributed by atoms with E-state index in [4.69, 9.17) is 10.5 Å². The molecule has 0 aromatic heterocycles. The molecule has 0 heterocycles. The smallest absolute Gasteiger partial charge is 0.223 e. The van der Waals surface area contributed by atoms with E-state index in [9.17, 15) is 4.79 Å². The van der Waals surface area contributed by atoms with Gasteiger partial charge in [-0.05, 0) is 25.2 Å². The zero-order chi connectivity index (χ0) is 11.3. The maximum Gasteiger partial charge on any atom is 0.223 e. The number of halogens is 1. The van der Waals surface area contributed by atoms with Crippen molar-refractivity contribution in [3.05, 3.63) is 0 Å². The van der Waals surface area contributed by atoms with Gasteiger partial charge in [0.1, 0.15) is 0 Å². The Morgan fingerprint density at radius 2 is 2.25 bits per heavy atom. The Balaban J connectivity index is 0.00000225. The number of carbonyl (C=O) groups is 1. The summed E-state index contributed by atoms with van der Waals surface area (Å²) < 4.78 is 5.01. The van der Waals surface area contributed by atoms with Gasteiger partial charge in [0, 0.05) is 25.6 Å². The Morgan fingerprint density at radius 1 is 1.56 bits per heavy atom. The summed E-state index contributed by atoms with van der Waals surface area (Å²) in [4.78, 5) is 11.7. The van der Waals surface area contributed by atoms with Crippen molar-refractivity contribution in [2.45, 2.75) is 32.2 Å². The zero-order valence-electron chi connectivity index (χ0n) is 10.1. The Bertz CT molecular complexity index is 214. The van der Waals surface area contributed by atoms with Crippen LogP contribution in [-0.2, 0) is 9.53 Å². The topological polar surface area (TPSA) is 64.3 Å². The van der Waals surface area contributed by atoms with Gasteiger partial charge in [0.15, 0.2) is 0 Å². The minimum absolute atomic E-state index is 0. The van der Waals surface area contributed by atoms with E-state index >= 15 is 0 Å². The number of methoxy groups -OCH3 is 1. The van der Waals surface area contributed by atoms with Crippen molar-refractivity contribution >= 4 is 18.3 Å². The number of ether oxygens (including phenoxy) is 1. The summed E-state index contributed by atoms with van der Waals surface area (Å²) in [6, 6.07) is 0.220. The zero-order valence-corrected chi connectivity index (χ0v) is 10.9. The van der Waals surface area contributed by atoms with E-state index in [1.54, 1.807) is 7.11 Å². The number of carbonyl (C=O) groups excluding carboxylic acids is 1. The third kappa shape index (κ3) is 5.14. The van der Waals surface area contributed by atoms with Crippen LogP contribution >= 0.6 is 12.4 Å². The molecule has 0 radical (unpaired) electrons. The maximum absolute atomic E-state index is 11.7. The first-order valence-electron chi connectivity index (χ1n) is 5.65. The van der Waals surface area contributed by atoms with Gasteiger partial charge in [-0.1, -0.05) is 6.92 Å². The van der Waals surface area contributed by atoms with Gasteiger partial charge in [-0.25, -0.2) is 0 Å². The fourth-order valence-electron chi connectivity index (χ4n) is 2.02. The van der Waals surface area contributed by atoms with Gasteiger partial charge in [0.25, 0.3) is 0 Å². The standard InChI is InChI=1S/C11H22N2O2.ClH/c1-8(7-15-2)6-13-11(14)9-3-4-10(12)5-9;/h8-10H,3-7,12H2,1-2H3,(H,13,14);1H. The van der Waals surface area contributed by atoms with Crippen LogP contribution in [0.15, 0.2) is 0 Å². The Morgan fingerprint density at radius 3 is 2.75 bits per heavy atom. The minimum atomic E-state index is 0. The van der Waals surface area contributed by atoms with E-state index in [0.717, 1.165) is 19.3 Å². The molecular formula is C11H23ClN2O2. The molecule has 5 heteroatoms. The summed E-state index contributed by atoms with van der Waals surface area (Å²) >= 11 is 0. The van der Waals surface area contributed by atoms with E-state index in [0.29, 0.717) is 19.1 Å². The number of nitrogens with two attached hydrogens (primary N) is 1. The van der Waals surface area contributed by atoms with Crippen molar-refractivity contribution in [2.24, 2.45) is 17.6 Å². The lowest BCUT2D eigenvalue weighted by molar-refractivity contribution is -0.125. The van der Waals surface area contributed by atoms with Crippen molar-refractivity contribution in [1.82, 2.24) is 5.32 Å². The summed E-state index contributed by atoms with van der Waals surface area (Å²) in [7, 11) is 1.67. The lowest BCUT2D eigenvalue weighted by Gasteiger charge is -2.14. The SMILES string of the molecule is COCC(C)CNC(=O)C1CCC(N)C1.Cl. The van der Waals surface area contributed by atoms with E-state index in [2.05, 4.69) is 12.2 Å². The second-order valence-electron chi connectivity index (χ2n) is 4.58.